The molecule has 16 heavy (non-hydrogen) atoms. The van der Waals surface area contributed by atoms with E-state index in [1.54, 1.807) is 17.5 Å². The molecule has 2 nitrogen and oxygen atoms in total. The summed E-state index contributed by atoms with van der Waals surface area (Å²) in [5, 5.41) is 7.54. The Bertz CT molecular complexity index is 484. The predicted molar refractivity (Wildman–Crippen MR) is 74.9 cm³/mol. The minimum absolute atomic E-state index is 0.172. The highest BCUT2D eigenvalue weighted by Gasteiger charge is 2.16. The average molecular weight is 362 g/mol. The number of pyridine rings is 1. The summed E-state index contributed by atoms with van der Waals surface area (Å²) in [6.07, 6.45) is 3.68. The van der Waals surface area contributed by atoms with Crippen LogP contribution in [-0.2, 0) is 0 Å². The molecule has 84 valence electrons. The quantitative estimate of drug-likeness (QED) is 0.894. The van der Waals surface area contributed by atoms with E-state index in [1.165, 1.54) is 5.56 Å². The van der Waals surface area contributed by atoms with E-state index >= 15 is 0 Å². The van der Waals surface area contributed by atoms with Crippen LogP contribution in [0.3, 0.4) is 0 Å². The van der Waals surface area contributed by atoms with E-state index in [1.807, 2.05) is 13.2 Å². The summed E-state index contributed by atoms with van der Waals surface area (Å²) in [6, 6.07) is 2.25. The smallest absolute Gasteiger partial charge is 0.0609 e. The number of aromatic nitrogens is 1. The SMILES string of the molecule is CNC(c1cncc(Br)c1)c1cscc1Br. The number of nitrogens with one attached hydrogen (secondary N) is 1. The maximum absolute atomic E-state index is 4.19. The van der Waals surface area contributed by atoms with Crippen molar-refractivity contribution in [1.82, 2.24) is 10.3 Å². The van der Waals surface area contributed by atoms with Gasteiger partial charge in [-0.05, 0) is 61.5 Å². The molecule has 2 aromatic heterocycles. The third-order valence-electron chi connectivity index (χ3n) is 2.30. The van der Waals surface area contributed by atoms with Crippen molar-refractivity contribution in [3.05, 3.63) is 49.3 Å². The summed E-state index contributed by atoms with van der Waals surface area (Å²) >= 11 is 8.69. The van der Waals surface area contributed by atoms with E-state index in [2.05, 4.69) is 59.0 Å². The summed E-state index contributed by atoms with van der Waals surface area (Å²) in [5.41, 5.74) is 2.39. The molecule has 0 saturated heterocycles. The summed E-state index contributed by atoms with van der Waals surface area (Å²) in [4.78, 5) is 4.19. The Morgan fingerprint density at radius 3 is 2.69 bits per heavy atom. The van der Waals surface area contributed by atoms with Crippen LogP contribution in [0.1, 0.15) is 17.2 Å². The van der Waals surface area contributed by atoms with Crippen molar-refractivity contribution < 1.29 is 0 Å². The van der Waals surface area contributed by atoms with Gasteiger partial charge in [-0.2, -0.15) is 11.3 Å². The van der Waals surface area contributed by atoms with Crippen molar-refractivity contribution in [3.8, 4) is 0 Å². The average Bonchev–Trinajstić information content (AvgIpc) is 2.67. The third-order valence-corrected chi connectivity index (χ3v) is 4.49. The number of thiophene rings is 1. The van der Waals surface area contributed by atoms with E-state index in [0.29, 0.717) is 0 Å². The Hall–Kier alpha value is -0.230. The van der Waals surface area contributed by atoms with Gasteiger partial charge in [0.15, 0.2) is 0 Å². The maximum Gasteiger partial charge on any atom is 0.0609 e. The van der Waals surface area contributed by atoms with Crippen LogP contribution in [0.25, 0.3) is 0 Å². The molecule has 2 aromatic rings. The van der Waals surface area contributed by atoms with Crippen LogP contribution in [0.15, 0.2) is 38.2 Å². The van der Waals surface area contributed by atoms with Crippen molar-refractivity contribution in [2.45, 2.75) is 6.04 Å². The fraction of sp³-hybridized carbons (Fsp3) is 0.182. The van der Waals surface area contributed by atoms with Crippen molar-refractivity contribution in [3.63, 3.8) is 0 Å². The minimum atomic E-state index is 0.172. The summed E-state index contributed by atoms with van der Waals surface area (Å²) < 4.78 is 2.13. The van der Waals surface area contributed by atoms with Crippen LogP contribution in [0.5, 0.6) is 0 Å². The molecule has 0 amide bonds. The normalized spacial score (nSPS) is 12.7. The number of halogens is 2. The minimum Gasteiger partial charge on any atom is -0.309 e. The zero-order valence-corrected chi connectivity index (χ0v) is 12.6. The van der Waals surface area contributed by atoms with Crippen LogP contribution >= 0.6 is 43.2 Å². The van der Waals surface area contributed by atoms with E-state index < -0.39 is 0 Å². The molecule has 0 saturated carbocycles. The largest absolute Gasteiger partial charge is 0.309 e. The van der Waals surface area contributed by atoms with E-state index in [-0.39, 0.29) is 6.04 Å². The summed E-state index contributed by atoms with van der Waals surface area (Å²) in [6.45, 7) is 0. The molecule has 0 aliphatic carbocycles. The highest BCUT2D eigenvalue weighted by atomic mass is 79.9. The second kappa shape index (κ2) is 5.40. The van der Waals surface area contributed by atoms with Crippen LogP contribution in [-0.4, -0.2) is 12.0 Å². The first-order valence-electron chi connectivity index (χ1n) is 4.71. The Balaban J connectivity index is 2.40. The lowest BCUT2D eigenvalue weighted by molar-refractivity contribution is 0.688. The van der Waals surface area contributed by atoms with Crippen LogP contribution in [0.4, 0.5) is 0 Å². The molecule has 0 fully saturated rings. The standard InChI is InChI=1S/C11H10Br2N2S/c1-14-11(9-5-16-6-10(9)13)7-2-8(12)4-15-3-7/h2-6,11,14H,1H3. The van der Waals surface area contributed by atoms with E-state index in [4.69, 9.17) is 0 Å². The molecule has 2 rings (SSSR count). The molecule has 0 radical (unpaired) electrons. The van der Waals surface area contributed by atoms with Gasteiger partial charge in [0.2, 0.25) is 0 Å². The summed E-state index contributed by atoms with van der Waals surface area (Å²) in [5.74, 6) is 0. The molecule has 0 aliphatic heterocycles. The lowest BCUT2D eigenvalue weighted by Gasteiger charge is -2.16. The first-order chi connectivity index (χ1) is 7.72. The molecule has 0 aliphatic rings. The van der Waals surface area contributed by atoms with Gasteiger partial charge in [0.05, 0.1) is 6.04 Å². The highest BCUT2D eigenvalue weighted by Crippen LogP contribution is 2.31. The Labute approximate surface area is 115 Å². The van der Waals surface area contributed by atoms with E-state index in [9.17, 15) is 0 Å². The summed E-state index contributed by atoms with van der Waals surface area (Å²) in [7, 11) is 1.95. The first kappa shape index (κ1) is 12.2. The molecular formula is C11H10Br2N2S. The zero-order valence-electron chi connectivity index (χ0n) is 8.58. The lowest BCUT2D eigenvalue weighted by atomic mass is 10.0. The van der Waals surface area contributed by atoms with Gasteiger partial charge < -0.3 is 5.32 Å². The second-order valence-electron chi connectivity index (χ2n) is 3.33. The number of nitrogens with zero attached hydrogens (tertiary/aromatic N) is 1. The van der Waals surface area contributed by atoms with Gasteiger partial charge >= 0.3 is 0 Å². The van der Waals surface area contributed by atoms with Gasteiger partial charge in [0.25, 0.3) is 0 Å². The molecule has 2 heterocycles. The monoisotopic (exact) mass is 360 g/mol. The molecule has 0 aromatic carbocycles. The molecule has 1 atom stereocenters. The van der Waals surface area contributed by atoms with Gasteiger partial charge in [0.1, 0.15) is 0 Å². The third kappa shape index (κ3) is 2.53. The second-order valence-corrected chi connectivity index (χ2v) is 5.85. The molecule has 0 spiro atoms. The van der Waals surface area contributed by atoms with Crippen molar-refractivity contribution in [1.29, 1.82) is 0 Å². The predicted octanol–water partition coefficient (Wildman–Crippen LogP) is 3.98. The molecule has 1 unspecified atom stereocenters. The number of hydrogen-bond donors (Lipinski definition) is 1. The lowest BCUT2D eigenvalue weighted by Crippen LogP contribution is -2.17. The van der Waals surface area contributed by atoms with Gasteiger partial charge in [0, 0.05) is 26.7 Å². The Morgan fingerprint density at radius 1 is 1.31 bits per heavy atom. The number of hydrogen-bond acceptors (Lipinski definition) is 3. The van der Waals surface area contributed by atoms with Crippen molar-refractivity contribution in [2.75, 3.05) is 7.05 Å². The first-order valence-corrected chi connectivity index (χ1v) is 7.24. The number of rotatable bonds is 3. The van der Waals surface area contributed by atoms with Crippen LogP contribution in [0.2, 0.25) is 0 Å². The highest BCUT2D eigenvalue weighted by molar-refractivity contribution is 9.10. The molecule has 1 N–H and O–H groups in total. The fourth-order valence-electron chi connectivity index (χ4n) is 1.59. The fourth-order valence-corrected chi connectivity index (χ4v) is 3.52. The Kier molecular flexibility index (Phi) is 4.13. The molecular weight excluding hydrogens is 352 g/mol. The molecule has 5 heteroatoms. The van der Waals surface area contributed by atoms with Crippen LogP contribution in [0, 0.1) is 0 Å². The van der Waals surface area contributed by atoms with Gasteiger partial charge in [-0.3, -0.25) is 4.98 Å². The van der Waals surface area contributed by atoms with Gasteiger partial charge in [-0.1, -0.05) is 0 Å². The van der Waals surface area contributed by atoms with E-state index in [0.717, 1.165) is 14.5 Å². The van der Waals surface area contributed by atoms with Crippen molar-refractivity contribution in [2.24, 2.45) is 0 Å². The maximum atomic E-state index is 4.19. The molecule has 0 bridgehead atoms. The van der Waals surface area contributed by atoms with Crippen LogP contribution < -0.4 is 5.32 Å². The van der Waals surface area contributed by atoms with Gasteiger partial charge in [-0.15, -0.1) is 0 Å². The van der Waals surface area contributed by atoms with Gasteiger partial charge in [-0.25, -0.2) is 0 Å². The zero-order chi connectivity index (χ0) is 11.5. The Morgan fingerprint density at radius 2 is 2.12 bits per heavy atom. The van der Waals surface area contributed by atoms with Crippen molar-refractivity contribution >= 4 is 43.2 Å². The topological polar surface area (TPSA) is 24.9 Å².